The van der Waals surface area contributed by atoms with E-state index in [1.54, 1.807) is 12.1 Å². The molecule has 0 aliphatic carbocycles. The Hall–Kier alpha value is -2.07. The number of halogens is 1. The van der Waals surface area contributed by atoms with Crippen LogP contribution in [0.1, 0.15) is 24.1 Å². The van der Waals surface area contributed by atoms with Crippen LogP contribution >= 0.6 is 0 Å². The number of aliphatic hydroxyl groups excluding tert-OH is 1. The lowest BCUT2D eigenvalue weighted by atomic mass is 10.1. The Bertz CT molecular complexity index is 586. The van der Waals surface area contributed by atoms with Gasteiger partial charge < -0.3 is 15.2 Å². The molecule has 0 saturated heterocycles. The van der Waals surface area contributed by atoms with Crippen LogP contribution in [-0.2, 0) is 6.61 Å². The van der Waals surface area contributed by atoms with E-state index in [0.717, 1.165) is 11.3 Å². The van der Waals surface area contributed by atoms with Crippen LogP contribution in [0.5, 0.6) is 5.75 Å². The quantitative estimate of drug-likeness (QED) is 0.877. The lowest BCUT2D eigenvalue weighted by Crippen LogP contribution is -2.10. The lowest BCUT2D eigenvalue weighted by Gasteiger charge is -2.19. The van der Waals surface area contributed by atoms with E-state index in [4.69, 9.17) is 9.84 Å². The Kier molecular flexibility index (Phi) is 4.58. The van der Waals surface area contributed by atoms with E-state index in [-0.39, 0.29) is 18.5 Å². The molecule has 0 heterocycles. The minimum Gasteiger partial charge on any atom is -0.496 e. The van der Waals surface area contributed by atoms with Gasteiger partial charge in [0.15, 0.2) is 0 Å². The summed E-state index contributed by atoms with van der Waals surface area (Å²) in [6.07, 6.45) is 0. The topological polar surface area (TPSA) is 41.5 Å². The van der Waals surface area contributed by atoms with E-state index in [0.29, 0.717) is 11.3 Å². The lowest BCUT2D eigenvalue weighted by molar-refractivity contribution is 0.282. The maximum Gasteiger partial charge on any atom is 0.132 e. The molecule has 2 aromatic carbocycles. The molecule has 0 aliphatic rings. The number of ether oxygens (including phenoxy) is 1. The van der Waals surface area contributed by atoms with Crippen LogP contribution in [0.3, 0.4) is 0 Å². The van der Waals surface area contributed by atoms with Gasteiger partial charge in [-0.15, -0.1) is 0 Å². The summed E-state index contributed by atoms with van der Waals surface area (Å²) < 4.78 is 19.2. The number of anilines is 1. The van der Waals surface area contributed by atoms with Gasteiger partial charge >= 0.3 is 0 Å². The minimum absolute atomic E-state index is 0.0209. The standard InChI is InChI=1S/C16H18FNO2/c1-11(16-14(17)7-4-8-15(16)20-2)18-13-6-3-5-12(9-13)10-19/h3-9,11,18-19H,10H2,1-2H3. The maximum absolute atomic E-state index is 14.0. The normalized spacial score (nSPS) is 12.0. The number of nitrogens with one attached hydrogen (secondary N) is 1. The third kappa shape index (κ3) is 3.08. The molecule has 0 spiro atoms. The van der Waals surface area contributed by atoms with Crippen molar-refractivity contribution in [2.24, 2.45) is 0 Å². The third-order valence-corrected chi connectivity index (χ3v) is 3.16. The monoisotopic (exact) mass is 275 g/mol. The molecule has 20 heavy (non-hydrogen) atoms. The molecular formula is C16H18FNO2. The molecule has 0 aromatic heterocycles. The van der Waals surface area contributed by atoms with Gasteiger partial charge in [0.05, 0.1) is 25.3 Å². The van der Waals surface area contributed by atoms with Crippen LogP contribution in [-0.4, -0.2) is 12.2 Å². The van der Waals surface area contributed by atoms with Crippen LogP contribution < -0.4 is 10.1 Å². The van der Waals surface area contributed by atoms with E-state index < -0.39 is 0 Å². The summed E-state index contributed by atoms with van der Waals surface area (Å²) in [6, 6.07) is 11.9. The summed E-state index contributed by atoms with van der Waals surface area (Å²) in [7, 11) is 1.53. The van der Waals surface area contributed by atoms with Crippen LogP contribution in [0.25, 0.3) is 0 Å². The first-order chi connectivity index (χ1) is 9.65. The highest BCUT2D eigenvalue weighted by atomic mass is 19.1. The first-order valence-corrected chi connectivity index (χ1v) is 6.44. The molecule has 0 saturated carbocycles. The number of hydrogen-bond donors (Lipinski definition) is 2. The zero-order valence-electron chi connectivity index (χ0n) is 11.6. The Balaban J connectivity index is 2.25. The molecule has 1 atom stereocenters. The number of benzene rings is 2. The van der Waals surface area contributed by atoms with E-state index in [2.05, 4.69) is 5.32 Å². The van der Waals surface area contributed by atoms with Gasteiger partial charge in [0, 0.05) is 5.69 Å². The van der Waals surface area contributed by atoms with Gasteiger partial charge in [-0.1, -0.05) is 18.2 Å². The largest absolute Gasteiger partial charge is 0.496 e. The van der Waals surface area contributed by atoms with Gasteiger partial charge in [0.25, 0.3) is 0 Å². The van der Waals surface area contributed by atoms with Gasteiger partial charge in [0.1, 0.15) is 11.6 Å². The Morgan fingerprint density at radius 3 is 2.70 bits per heavy atom. The molecule has 0 fully saturated rings. The fourth-order valence-electron chi connectivity index (χ4n) is 2.20. The smallest absolute Gasteiger partial charge is 0.132 e. The summed E-state index contributed by atoms with van der Waals surface area (Å²) in [5.41, 5.74) is 2.13. The van der Waals surface area contributed by atoms with Crippen molar-refractivity contribution in [1.29, 1.82) is 0 Å². The Morgan fingerprint density at radius 1 is 1.25 bits per heavy atom. The van der Waals surface area contributed by atoms with E-state index in [1.165, 1.54) is 13.2 Å². The van der Waals surface area contributed by atoms with Crippen molar-refractivity contribution >= 4 is 5.69 Å². The number of methoxy groups -OCH3 is 1. The molecule has 0 radical (unpaired) electrons. The van der Waals surface area contributed by atoms with Gasteiger partial charge in [-0.05, 0) is 36.8 Å². The van der Waals surface area contributed by atoms with Gasteiger partial charge in [-0.25, -0.2) is 4.39 Å². The first kappa shape index (κ1) is 14.3. The molecule has 1 unspecified atom stereocenters. The van der Waals surface area contributed by atoms with Crippen LogP contribution in [0.15, 0.2) is 42.5 Å². The maximum atomic E-state index is 14.0. The van der Waals surface area contributed by atoms with Crippen LogP contribution in [0, 0.1) is 5.82 Å². The molecule has 2 rings (SSSR count). The Labute approximate surface area is 118 Å². The zero-order valence-corrected chi connectivity index (χ0v) is 11.6. The van der Waals surface area contributed by atoms with Crippen LogP contribution in [0.2, 0.25) is 0 Å². The molecule has 0 amide bonds. The summed E-state index contributed by atoms with van der Waals surface area (Å²) >= 11 is 0. The highest BCUT2D eigenvalue weighted by molar-refractivity contribution is 5.49. The van der Waals surface area contributed by atoms with Gasteiger partial charge in [-0.3, -0.25) is 0 Å². The fraction of sp³-hybridized carbons (Fsp3) is 0.250. The highest BCUT2D eigenvalue weighted by Crippen LogP contribution is 2.30. The van der Waals surface area contributed by atoms with Crippen molar-refractivity contribution in [2.45, 2.75) is 19.6 Å². The molecule has 4 heteroatoms. The number of aliphatic hydroxyl groups is 1. The summed E-state index contributed by atoms with van der Waals surface area (Å²) in [4.78, 5) is 0. The summed E-state index contributed by atoms with van der Waals surface area (Å²) in [5.74, 6) is 0.214. The number of hydrogen-bond acceptors (Lipinski definition) is 3. The molecule has 3 nitrogen and oxygen atoms in total. The van der Waals surface area contributed by atoms with Crippen molar-refractivity contribution in [3.8, 4) is 5.75 Å². The van der Waals surface area contributed by atoms with Gasteiger partial charge in [-0.2, -0.15) is 0 Å². The molecule has 2 N–H and O–H groups in total. The minimum atomic E-state index is -0.303. The van der Waals surface area contributed by atoms with Crippen molar-refractivity contribution in [1.82, 2.24) is 0 Å². The SMILES string of the molecule is COc1cccc(F)c1C(C)Nc1cccc(CO)c1. The van der Waals surface area contributed by atoms with Gasteiger partial charge in [0.2, 0.25) is 0 Å². The molecule has 2 aromatic rings. The molecular weight excluding hydrogens is 257 g/mol. The van der Waals surface area contributed by atoms with Crippen molar-refractivity contribution < 1.29 is 14.2 Å². The Morgan fingerprint density at radius 2 is 2.00 bits per heavy atom. The summed E-state index contributed by atoms with van der Waals surface area (Å²) in [5, 5.41) is 12.3. The first-order valence-electron chi connectivity index (χ1n) is 6.44. The average molecular weight is 275 g/mol. The highest BCUT2D eigenvalue weighted by Gasteiger charge is 2.16. The summed E-state index contributed by atoms with van der Waals surface area (Å²) in [6.45, 7) is 1.85. The zero-order chi connectivity index (χ0) is 14.5. The second-order valence-electron chi connectivity index (χ2n) is 4.58. The fourth-order valence-corrected chi connectivity index (χ4v) is 2.20. The predicted octanol–water partition coefficient (Wildman–Crippen LogP) is 3.50. The number of rotatable bonds is 5. The predicted molar refractivity (Wildman–Crippen MR) is 77.4 cm³/mol. The van der Waals surface area contributed by atoms with E-state index in [1.807, 2.05) is 31.2 Å². The van der Waals surface area contributed by atoms with Crippen LogP contribution in [0.4, 0.5) is 10.1 Å². The second kappa shape index (κ2) is 6.39. The molecule has 0 bridgehead atoms. The van der Waals surface area contributed by atoms with E-state index in [9.17, 15) is 4.39 Å². The molecule has 0 aliphatic heterocycles. The molecule has 106 valence electrons. The third-order valence-electron chi connectivity index (χ3n) is 3.16. The van der Waals surface area contributed by atoms with Crippen molar-refractivity contribution in [2.75, 3.05) is 12.4 Å². The van der Waals surface area contributed by atoms with Crippen molar-refractivity contribution in [3.05, 3.63) is 59.4 Å². The van der Waals surface area contributed by atoms with Crippen molar-refractivity contribution in [3.63, 3.8) is 0 Å². The van der Waals surface area contributed by atoms with E-state index >= 15 is 0 Å². The second-order valence-corrected chi connectivity index (χ2v) is 4.58. The average Bonchev–Trinajstić information content (AvgIpc) is 2.46.